The van der Waals surface area contributed by atoms with Crippen LogP contribution in [0.5, 0.6) is 5.75 Å². The zero-order valence-corrected chi connectivity index (χ0v) is 23.1. The third-order valence-corrected chi connectivity index (χ3v) is 5.92. The van der Waals surface area contributed by atoms with Gasteiger partial charge < -0.3 is 25.7 Å². The molecule has 0 aliphatic carbocycles. The van der Waals surface area contributed by atoms with Crippen molar-refractivity contribution in [3.63, 3.8) is 0 Å². The fourth-order valence-electron chi connectivity index (χ4n) is 3.48. The Kier molecular flexibility index (Phi) is 13.8. The van der Waals surface area contributed by atoms with Crippen molar-refractivity contribution in [2.45, 2.75) is 79.6 Å². The Bertz CT molecular complexity index is 1050. The summed E-state index contributed by atoms with van der Waals surface area (Å²) in [6, 6.07) is 7.75. The molecule has 4 N–H and O–H groups in total. The summed E-state index contributed by atoms with van der Waals surface area (Å²) in [5, 5.41) is 30.2. The fraction of sp³-hybridized carbons (Fsp3) is 0.483. The van der Waals surface area contributed by atoms with Crippen LogP contribution in [0.2, 0.25) is 0 Å². The minimum absolute atomic E-state index is 0.0510. The maximum Gasteiger partial charge on any atom is 0.394 e. The molecule has 2 rings (SSSR count). The number of nitrogens with zero attached hydrogens (tertiary/aromatic N) is 1. The molecule has 0 aliphatic heterocycles. The van der Waals surface area contributed by atoms with E-state index in [1.54, 1.807) is 31.3 Å². The van der Waals surface area contributed by atoms with Gasteiger partial charge in [-0.1, -0.05) is 33.8 Å². The molecule has 0 spiro atoms. The highest BCUT2D eigenvalue weighted by atomic mass is 19.3. The number of ether oxygens (including phenoxy) is 1. The van der Waals surface area contributed by atoms with Gasteiger partial charge in [-0.05, 0) is 68.2 Å². The second-order valence-corrected chi connectivity index (χ2v) is 9.15. The summed E-state index contributed by atoms with van der Waals surface area (Å²) in [5.41, 5.74) is 2.23. The maximum atomic E-state index is 12.9. The lowest BCUT2D eigenvalue weighted by atomic mass is 9.90. The molecule has 1 aromatic carbocycles. The zero-order chi connectivity index (χ0) is 28.9. The van der Waals surface area contributed by atoms with Crippen LogP contribution in [-0.4, -0.2) is 38.9 Å². The Hall–Kier alpha value is -3.17. The van der Waals surface area contributed by atoms with Gasteiger partial charge in [0.05, 0.1) is 12.7 Å². The van der Waals surface area contributed by atoms with Crippen LogP contribution in [0.3, 0.4) is 0 Å². The molecule has 0 bridgehead atoms. The van der Waals surface area contributed by atoms with E-state index in [2.05, 4.69) is 15.0 Å². The highest BCUT2D eigenvalue weighted by Gasteiger charge is 2.23. The number of nitrogens with one attached hydrogen (secondary N) is 2. The van der Waals surface area contributed by atoms with Crippen LogP contribution in [0, 0.1) is 17.2 Å². The Morgan fingerprint density at radius 2 is 1.74 bits per heavy atom. The smallest absolute Gasteiger partial charge is 0.394 e. The molecule has 9 heteroatoms. The lowest BCUT2D eigenvalue weighted by molar-refractivity contribution is -0.158. The monoisotopic (exact) mass is 533 g/mol. The van der Waals surface area contributed by atoms with Crippen molar-refractivity contribution in [1.29, 1.82) is 5.41 Å². The molecule has 7 nitrogen and oxygen atoms in total. The van der Waals surface area contributed by atoms with E-state index < -0.39 is 12.2 Å². The largest absolute Gasteiger partial charge is 0.433 e. The minimum Gasteiger partial charge on any atom is -0.433 e. The van der Waals surface area contributed by atoms with Crippen LogP contribution in [0.25, 0.3) is 0 Å². The molecule has 2 unspecified atom stereocenters. The summed E-state index contributed by atoms with van der Waals surface area (Å²) in [6.07, 6.45) is 3.23. The van der Waals surface area contributed by atoms with Gasteiger partial charge in [-0.25, -0.2) is 4.98 Å². The highest BCUT2D eigenvalue weighted by molar-refractivity contribution is 6.05. The van der Waals surface area contributed by atoms with E-state index in [1.165, 1.54) is 24.3 Å². The summed E-state index contributed by atoms with van der Waals surface area (Å²) in [5.74, 6) is 0.726. The second kappa shape index (κ2) is 15.9. The first-order chi connectivity index (χ1) is 17.9. The quantitative estimate of drug-likeness (QED) is 0.169. The Morgan fingerprint density at radius 3 is 2.21 bits per heavy atom. The van der Waals surface area contributed by atoms with Crippen molar-refractivity contribution >= 4 is 23.0 Å². The van der Waals surface area contributed by atoms with Crippen molar-refractivity contribution < 1.29 is 28.5 Å². The van der Waals surface area contributed by atoms with E-state index in [9.17, 15) is 18.7 Å². The maximum absolute atomic E-state index is 12.9. The summed E-state index contributed by atoms with van der Waals surface area (Å²) in [6.45, 7) is 10.0. The van der Waals surface area contributed by atoms with E-state index in [0.717, 1.165) is 19.3 Å². The van der Waals surface area contributed by atoms with Crippen LogP contribution >= 0.6 is 0 Å². The second-order valence-electron chi connectivity index (χ2n) is 9.15. The fourth-order valence-corrected chi connectivity index (χ4v) is 3.48. The van der Waals surface area contributed by atoms with Gasteiger partial charge in [0.25, 0.3) is 0 Å². The summed E-state index contributed by atoms with van der Waals surface area (Å²) >= 11 is 0. The molecule has 210 valence electrons. The van der Waals surface area contributed by atoms with Crippen molar-refractivity contribution in [1.82, 2.24) is 4.98 Å². The van der Waals surface area contributed by atoms with Crippen LogP contribution < -0.4 is 10.1 Å². The SMILES string of the molecule is CCC(C)C(=O)/C=C/C(C)O.CCC(CC)C(=N)c1c(CO)ccnc1Nc1ccc(OC(C)(F)F)cc1. The van der Waals surface area contributed by atoms with Gasteiger partial charge >= 0.3 is 6.11 Å². The number of hydrogen-bond donors (Lipinski definition) is 4. The average molecular weight is 534 g/mol. The zero-order valence-electron chi connectivity index (χ0n) is 23.1. The molecule has 0 aliphatic rings. The van der Waals surface area contributed by atoms with E-state index in [0.29, 0.717) is 35.3 Å². The molecule has 2 atom stereocenters. The van der Waals surface area contributed by atoms with Crippen LogP contribution in [0.4, 0.5) is 20.3 Å². The van der Waals surface area contributed by atoms with Gasteiger partial charge in [-0.3, -0.25) is 4.79 Å². The summed E-state index contributed by atoms with van der Waals surface area (Å²) in [4.78, 5) is 15.4. The first kappa shape index (κ1) is 32.9. The predicted molar refractivity (Wildman–Crippen MR) is 147 cm³/mol. The van der Waals surface area contributed by atoms with Gasteiger partial charge in [0.15, 0.2) is 5.78 Å². The number of pyridine rings is 1. The third kappa shape index (κ3) is 11.1. The number of ketones is 1. The number of aliphatic hydroxyl groups is 2. The Morgan fingerprint density at radius 1 is 1.13 bits per heavy atom. The molecule has 0 amide bonds. The number of carbonyl (C=O) groups excluding carboxylic acids is 1. The van der Waals surface area contributed by atoms with E-state index in [-0.39, 0.29) is 30.0 Å². The lowest BCUT2D eigenvalue weighted by Gasteiger charge is -2.20. The molecule has 0 fully saturated rings. The van der Waals surface area contributed by atoms with Crippen molar-refractivity contribution in [3.8, 4) is 5.75 Å². The number of carbonyl (C=O) groups is 1. The summed E-state index contributed by atoms with van der Waals surface area (Å²) < 4.78 is 30.4. The normalized spacial score (nSPS) is 13.0. The van der Waals surface area contributed by atoms with Crippen molar-refractivity contribution in [2.24, 2.45) is 11.8 Å². The number of rotatable bonds is 13. The minimum atomic E-state index is -3.25. The molecule has 0 saturated carbocycles. The molecule has 2 aromatic rings. The average Bonchev–Trinajstić information content (AvgIpc) is 2.87. The molecule has 1 aromatic heterocycles. The molecule has 38 heavy (non-hydrogen) atoms. The highest BCUT2D eigenvalue weighted by Crippen LogP contribution is 2.28. The number of hydrogen-bond acceptors (Lipinski definition) is 7. The Balaban J connectivity index is 0.000000554. The van der Waals surface area contributed by atoms with Gasteiger partial charge in [-0.2, -0.15) is 8.78 Å². The van der Waals surface area contributed by atoms with Crippen LogP contribution in [-0.2, 0) is 11.4 Å². The standard InChI is InChI=1S/C20H25F2N3O2.C9H16O2/c1-4-13(5-2)18(23)17-14(12-26)10-11-24-19(17)25-15-6-8-16(9-7-15)27-20(3,21)22;1-4-7(2)9(11)6-5-8(3)10/h6-11,13,23,26H,4-5,12H2,1-3H3,(H,24,25);5-8,10H,4H2,1-3H3/b;6-5+. The van der Waals surface area contributed by atoms with Gasteiger partial charge in [0, 0.05) is 41.9 Å². The number of aliphatic hydroxyl groups excluding tert-OH is 2. The predicted octanol–water partition coefficient (Wildman–Crippen LogP) is 6.65. The first-order valence-corrected chi connectivity index (χ1v) is 12.9. The van der Waals surface area contributed by atoms with Crippen molar-refractivity contribution in [3.05, 3.63) is 59.8 Å². The number of anilines is 2. The van der Waals surface area contributed by atoms with Crippen molar-refractivity contribution in [2.75, 3.05) is 5.32 Å². The van der Waals surface area contributed by atoms with Gasteiger partial charge in [0.1, 0.15) is 11.6 Å². The number of benzene rings is 1. The number of alkyl halides is 2. The number of aromatic nitrogens is 1. The number of halogens is 2. The molecular formula is C29H41F2N3O4. The summed E-state index contributed by atoms with van der Waals surface area (Å²) in [7, 11) is 0. The first-order valence-electron chi connectivity index (χ1n) is 12.9. The third-order valence-electron chi connectivity index (χ3n) is 5.92. The van der Waals surface area contributed by atoms with Crippen LogP contribution in [0.1, 0.15) is 71.9 Å². The van der Waals surface area contributed by atoms with Gasteiger partial charge in [0.2, 0.25) is 0 Å². The Labute approximate surface area is 224 Å². The van der Waals surface area contributed by atoms with E-state index >= 15 is 0 Å². The van der Waals surface area contributed by atoms with E-state index in [4.69, 9.17) is 10.5 Å². The van der Waals surface area contributed by atoms with E-state index in [1.807, 2.05) is 27.7 Å². The molecule has 0 radical (unpaired) electrons. The van der Waals surface area contributed by atoms with Crippen LogP contribution in [0.15, 0.2) is 48.7 Å². The molecule has 0 saturated heterocycles. The molecule has 1 heterocycles. The molecular weight excluding hydrogens is 492 g/mol. The van der Waals surface area contributed by atoms with Gasteiger partial charge in [-0.15, -0.1) is 0 Å². The topological polar surface area (TPSA) is 116 Å². The number of allylic oxidation sites excluding steroid dienone is 1. The lowest BCUT2D eigenvalue weighted by Crippen LogP contribution is -2.19.